The van der Waals surface area contributed by atoms with Crippen LogP contribution in [0.2, 0.25) is 0 Å². The highest BCUT2D eigenvalue weighted by Gasteiger charge is 2.13. The van der Waals surface area contributed by atoms with Crippen molar-refractivity contribution in [3.05, 3.63) is 59.7 Å². The van der Waals surface area contributed by atoms with E-state index in [0.717, 1.165) is 0 Å². The number of carbonyl (C=O) groups is 3. The summed E-state index contributed by atoms with van der Waals surface area (Å²) in [6, 6.07) is 14.0. The van der Waals surface area contributed by atoms with E-state index < -0.39 is 0 Å². The van der Waals surface area contributed by atoms with Gasteiger partial charge in [-0.1, -0.05) is 39.8 Å². The van der Waals surface area contributed by atoms with Crippen molar-refractivity contribution in [3.63, 3.8) is 0 Å². The Hall–Kier alpha value is -3.35. The van der Waals surface area contributed by atoms with Gasteiger partial charge >= 0.3 is 6.03 Å². The van der Waals surface area contributed by atoms with E-state index in [4.69, 9.17) is 0 Å². The van der Waals surface area contributed by atoms with E-state index in [1.807, 2.05) is 24.3 Å². The van der Waals surface area contributed by atoms with Crippen molar-refractivity contribution in [3.8, 4) is 0 Å². The number of hydrogen-bond acceptors (Lipinski definition) is 3. The predicted molar refractivity (Wildman–Crippen MR) is 120 cm³/mol. The van der Waals surface area contributed by atoms with Gasteiger partial charge in [0.2, 0.25) is 5.91 Å². The molecule has 7 nitrogen and oxygen atoms in total. The van der Waals surface area contributed by atoms with E-state index in [2.05, 4.69) is 42.0 Å². The summed E-state index contributed by atoms with van der Waals surface area (Å²) in [6.45, 7) is 8.76. The van der Waals surface area contributed by atoms with Crippen molar-refractivity contribution in [1.82, 2.24) is 10.6 Å². The van der Waals surface area contributed by atoms with Crippen LogP contribution in [0.3, 0.4) is 0 Å². The first kappa shape index (κ1) is 22.9. The molecule has 0 atom stereocenters. The maximum absolute atomic E-state index is 12.2. The molecular weight excluding hydrogens is 380 g/mol. The Kier molecular flexibility index (Phi) is 7.98. The molecule has 4 amide bonds. The van der Waals surface area contributed by atoms with Crippen LogP contribution in [-0.4, -0.2) is 30.9 Å². The fraction of sp³-hybridized carbons (Fsp3) is 0.348. The van der Waals surface area contributed by atoms with E-state index in [1.54, 1.807) is 31.2 Å². The van der Waals surface area contributed by atoms with Gasteiger partial charge < -0.3 is 21.3 Å². The van der Waals surface area contributed by atoms with E-state index in [1.165, 1.54) is 5.56 Å². The van der Waals surface area contributed by atoms with Crippen molar-refractivity contribution in [1.29, 1.82) is 0 Å². The van der Waals surface area contributed by atoms with Crippen molar-refractivity contribution in [2.75, 3.05) is 23.7 Å². The van der Waals surface area contributed by atoms with E-state index in [9.17, 15) is 14.4 Å². The van der Waals surface area contributed by atoms with E-state index in [0.29, 0.717) is 36.4 Å². The molecule has 2 aromatic rings. The molecule has 160 valence electrons. The first-order chi connectivity index (χ1) is 14.2. The molecule has 0 aliphatic heterocycles. The van der Waals surface area contributed by atoms with Gasteiger partial charge in [0, 0.05) is 36.4 Å². The van der Waals surface area contributed by atoms with Gasteiger partial charge in [0.25, 0.3) is 5.91 Å². The quantitative estimate of drug-likeness (QED) is 0.521. The second-order valence-electron chi connectivity index (χ2n) is 7.94. The van der Waals surface area contributed by atoms with Crippen LogP contribution in [0.1, 0.15) is 50.0 Å². The third-order valence-corrected chi connectivity index (χ3v) is 4.46. The summed E-state index contributed by atoms with van der Waals surface area (Å²) in [6.07, 6.45) is 0.394. The lowest BCUT2D eigenvalue weighted by atomic mass is 9.87. The van der Waals surface area contributed by atoms with Crippen LogP contribution in [0.25, 0.3) is 0 Å². The molecule has 0 spiro atoms. The highest BCUT2D eigenvalue weighted by molar-refractivity contribution is 5.95. The van der Waals surface area contributed by atoms with Crippen LogP contribution < -0.4 is 21.3 Å². The Morgan fingerprint density at radius 2 is 1.30 bits per heavy atom. The zero-order chi connectivity index (χ0) is 22.1. The lowest BCUT2D eigenvalue weighted by Crippen LogP contribution is -2.36. The van der Waals surface area contributed by atoms with Gasteiger partial charge in [-0.2, -0.15) is 0 Å². The molecule has 0 aliphatic rings. The Morgan fingerprint density at radius 1 is 0.767 bits per heavy atom. The molecule has 2 rings (SSSR count). The molecular formula is C23H30N4O3. The fourth-order valence-corrected chi connectivity index (χ4v) is 2.64. The van der Waals surface area contributed by atoms with Gasteiger partial charge in [0.05, 0.1) is 0 Å². The molecule has 7 heteroatoms. The molecule has 4 N–H and O–H groups in total. The number of urea groups is 1. The Balaban J connectivity index is 1.72. The maximum atomic E-state index is 12.2. The highest BCUT2D eigenvalue weighted by atomic mass is 16.2. The van der Waals surface area contributed by atoms with Crippen LogP contribution >= 0.6 is 0 Å². The average molecular weight is 411 g/mol. The third-order valence-electron chi connectivity index (χ3n) is 4.46. The van der Waals surface area contributed by atoms with Gasteiger partial charge in [0.1, 0.15) is 0 Å². The summed E-state index contributed by atoms with van der Waals surface area (Å²) in [5, 5.41) is 10.9. The van der Waals surface area contributed by atoms with Gasteiger partial charge in [0.15, 0.2) is 0 Å². The van der Waals surface area contributed by atoms with Crippen LogP contribution in [0.15, 0.2) is 48.5 Å². The molecule has 0 aromatic heterocycles. The van der Waals surface area contributed by atoms with Crippen molar-refractivity contribution in [2.24, 2.45) is 0 Å². The predicted octanol–water partition coefficient (Wildman–Crippen LogP) is 3.88. The van der Waals surface area contributed by atoms with Gasteiger partial charge in [-0.25, -0.2) is 4.79 Å². The van der Waals surface area contributed by atoms with Crippen LogP contribution in [0.4, 0.5) is 16.2 Å². The number of rotatable bonds is 7. The number of anilines is 2. The number of nitrogens with one attached hydrogen (secondary N) is 4. The first-order valence-electron chi connectivity index (χ1n) is 10.0. The standard InChI is InChI=1S/C23H30N4O3/c1-5-20(28)26-18-10-6-16(7-11-18)21(29)24-14-15-25-22(30)27-19-12-8-17(9-13-19)23(2,3)4/h6-13H,5,14-15H2,1-4H3,(H,24,29)(H,26,28)(H2,25,27,30). The summed E-state index contributed by atoms with van der Waals surface area (Å²) in [4.78, 5) is 35.5. The normalized spacial score (nSPS) is 10.8. The lowest BCUT2D eigenvalue weighted by Gasteiger charge is -2.19. The summed E-state index contributed by atoms with van der Waals surface area (Å²) in [5.41, 5.74) is 3.08. The first-order valence-corrected chi connectivity index (χ1v) is 10.0. The number of hydrogen-bond donors (Lipinski definition) is 4. The molecule has 0 unspecified atom stereocenters. The third kappa shape index (κ3) is 7.24. The Labute approximate surface area is 177 Å². The molecule has 0 heterocycles. The average Bonchev–Trinajstić information content (AvgIpc) is 2.71. The number of amides is 4. The summed E-state index contributed by atoms with van der Waals surface area (Å²) >= 11 is 0. The van der Waals surface area contributed by atoms with Crippen LogP contribution in [0, 0.1) is 0 Å². The Morgan fingerprint density at radius 3 is 1.87 bits per heavy atom. The van der Waals surface area contributed by atoms with Crippen LogP contribution in [-0.2, 0) is 10.2 Å². The van der Waals surface area contributed by atoms with Gasteiger partial charge in [-0.3, -0.25) is 9.59 Å². The zero-order valence-corrected chi connectivity index (χ0v) is 18.0. The summed E-state index contributed by atoms with van der Waals surface area (Å²) in [5.74, 6) is -0.329. The highest BCUT2D eigenvalue weighted by Crippen LogP contribution is 2.23. The lowest BCUT2D eigenvalue weighted by molar-refractivity contribution is -0.115. The summed E-state index contributed by atoms with van der Waals surface area (Å²) < 4.78 is 0. The topological polar surface area (TPSA) is 99.3 Å². The molecule has 0 saturated carbocycles. The van der Waals surface area contributed by atoms with E-state index >= 15 is 0 Å². The van der Waals surface area contributed by atoms with Crippen molar-refractivity contribution >= 4 is 29.2 Å². The van der Waals surface area contributed by atoms with Gasteiger partial charge in [-0.05, 0) is 47.4 Å². The smallest absolute Gasteiger partial charge is 0.319 e. The largest absolute Gasteiger partial charge is 0.350 e. The van der Waals surface area contributed by atoms with E-state index in [-0.39, 0.29) is 23.3 Å². The minimum absolute atomic E-state index is 0.0583. The minimum Gasteiger partial charge on any atom is -0.350 e. The number of carbonyl (C=O) groups excluding carboxylic acids is 3. The van der Waals surface area contributed by atoms with Crippen molar-refractivity contribution in [2.45, 2.75) is 39.5 Å². The van der Waals surface area contributed by atoms with Gasteiger partial charge in [-0.15, -0.1) is 0 Å². The summed E-state index contributed by atoms with van der Waals surface area (Å²) in [7, 11) is 0. The molecule has 0 saturated heterocycles. The molecule has 0 radical (unpaired) electrons. The Bertz CT molecular complexity index is 869. The molecule has 30 heavy (non-hydrogen) atoms. The molecule has 0 bridgehead atoms. The minimum atomic E-state index is -0.330. The van der Waals surface area contributed by atoms with Crippen LogP contribution in [0.5, 0.6) is 0 Å². The second-order valence-corrected chi connectivity index (χ2v) is 7.94. The number of benzene rings is 2. The maximum Gasteiger partial charge on any atom is 0.319 e. The second kappa shape index (κ2) is 10.4. The zero-order valence-electron chi connectivity index (χ0n) is 18.0. The monoisotopic (exact) mass is 410 g/mol. The SMILES string of the molecule is CCC(=O)Nc1ccc(C(=O)NCCNC(=O)Nc2ccc(C(C)(C)C)cc2)cc1. The fourth-order valence-electron chi connectivity index (χ4n) is 2.64. The molecule has 2 aromatic carbocycles. The van der Waals surface area contributed by atoms with Crippen molar-refractivity contribution < 1.29 is 14.4 Å². The molecule has 0 fully saturated rings. The molecule has 0 aliphatic carbocycles.